The van der Waals surface area contributed by atoms with Crippen LogP contribution >= 0.6 is 0 Å². The zero-order chi connectivity index (χ0) is 25.4. The Kier molecular flexibility index (Phi) is 6.81. The van der Waals surface area contributed by atoms with Crippen LogP contribution in [0.5, 0.6) is 5.88 Å². The standard InChI is InChI=1S/C26H31F2N3O4/c1-16(2)18-6-4-5-7-19(18)26(14-31(15-26)13-25(10-11-25)12-21(32)33)23(34)30-20-9-8-17(3)29-22(20)35-24(27)28/h4-9,16,24H,10-15H2,1-3H3,(H,30,34)(H,32,33). The number of halogens is 2. The van der Waals surface area contributed by atoms with Crippen LogP contribution in [0, 0.1) is 12.3 Å². The molecule has 1 aliphatic carbocycles. The van der Waals surface area contributed by atoms with Crippen molar-refractivity contribution < 1.29 is 28.2 Å². The number of pyridine rings is 1. The fourth-order valence-electron chi connectivity index (χ4n) is 5.11. The summed E-state index contributed by atoms with van der Waals surface area (Å²) in [4.78, 5) is 31.3. The van der Waals surface area contributed by atoms with Crippen LogP contribution < -0.4 is 10.1 Å². The maximum atomic E-state index is 13.8. The van der Waals surface area contributed by atoms with Crippen molar-refractivity contribution in [3.05, 3.63) is 53.2 Å². The van der Waals surface area contributed by atoms with E-state index >= 15 is 0 Å². The fraction of sp³-hybridized carbons (Fsp3) is 0.500. The quantitative estimate of drug-likeness (QED) is 0.511. The van der Waals surface area contributed by atoms with E-state index in [1.54, 1.807) is 13.0 Å². The van der Waals surface area contributed by atoms with Gasteiger partial charge >= 0.3 is 12.6 Å². The lowest BCUT2D eigenvalue weighted by atomic mass is 9.69. The number of aliphatic carboxylic acids is 1. The van der Waals surface area contributed by atoms with E-state index in [0.717, 1.165) is 24.0 Å². The molecule has 0 spiro atoms. The number of hydrogen-bond donors (Lipinski definition) is 2. The van der Waals surface area contributed by atoms with Crippen molar-refractivity contribution in [2.24, 2.45) is 5.41 Å². The lowest BCUT2D eigenvalue weighted by Crippen LogP contribution is -2.66. The molecule has 1 aromatic heterocycles. The summed E-state index contributed by atoms with van der Waals surface area (Å²) in [6.45, 7) is 4.14. The predicted molar refractivity (Wildman–Crippen MR) is 127 cm³/mol. The SMILES string of the molecule is Cc1ccc(NC(=O)C2(c3ccccc3C(C)C)CN(CC3(CC(=O)O)CC3)C2)c(OC(F)F)n1. The summed E-state index contributed by atoms with van der Waals surface area (Å²) in [6.07, 6.45) is 1.84. The number of aromatic nitrogens is 1. The minimum Gasteiger partial charge on any atom is -0.481 e. The Balaban J connectivity index is 1.63. The van der Waals surface area contributed by atoms with Crippen LogP contribution in [-0.2, 0) is 15.0 Å². The second-order valence-electron chi connectivity index (χ2n) is 10.2. The Bertz CT molecular complexity index is 1110. The predicted octanol–water partition coefficient (Wildman–Crippen LogP) is 4.56. The Hall–Kier alpha value is -3.07. The summed E-state index contributed by atoms with van der Waals surface area (Å²) in [7, 11) is 0. The van der Waals surface area contributed by atoms with E-state index in [1.165, 1.54) is 6.07 Å². The molecule has 2 aliphatic rings. The second kappa shape index (κ2) is 9.53. The molecule has 0 bridgehead atoms. The van der Waals surface area contributed by atoms with Crippen molar-refractivity contribution in [2.75, 3.05) is 25.0 Å². The van der Waals surface area contributed by atoms with Gasteiger partial charge in [-0.1, -0.05) is 38.1 Å². The molecule has 2 fully saturated rings. The van der Waals surface area contributed by atoms with Crippen molar-refractivity contribution in [3.63, 3.8) is 0 Å². The van der Waals surface area contributed by atoms with Gasteiger partial charge in [0.25, 0.3) is 0 Å². The number of carbonyl (C=O) groups is 2. The second-order valence-corrected chi connectivity index (χ2v) is 10.2. The monoisotopic (exact) mass is 487 g/mol. The third-order valence-corrected chi connectivity index (χ3v) is 7.01. The number of hydrogen-bond acceptors (Lipinski definition) is 5. The number of likely N-dealkylation sites (tertiary alicyclic amines) is 1. The number of alkyl halides is 2. The highest BCUT2D eigenvalue weighted by Crippen LogP contribution is 2.51. The summed E-state index contributed by atoms with van der Waals surface area (Å²) in [6, 6.07) is 10.9. The highest BCUT2D eigenvalue weighted by Gasteiger charge is 2.55. The molecule has 0 atom stereocenters. The zero-order valence-corrected chi connectivity index (χ0v) is 20.2. The Morgan fingerprint density at radius 1 is 1.17 bits per heavy atom. The molecule has 1 aliphatic heterocycles. The molecule has 35 heavy (non-hydrogen) atoms. The van der Waals surface area contributed by atoms with Gasteiger partial charge in [-0.25, -0.2) is 4.98 Å². The highest BCUT2D eigenvalue weighted by molar-refractivity contribution is 6.01. The van der Waals surface area contributed by atoms with Crippen molar-refractivity contribution in [3.8, 4) is 5.88 Å². The normalized spacial score (nSPS) is 18.3. The lowest BCUT2D eigenvalue weighted by Gasteiger charge is -2.51. The molecule has 1 saturated heterocycles. The number of rotatable bonds is 10. The highest BCUT2D eigenvalue weighted by atomic mass is 19.3. The number of nitrogens with zero attached hydrogens (tertiary/aromatic N) is 2. The van der Waals surface area contributed by atoms with E-state index in [0.29, 0.717) is 25.3 Å². The van der Waals surface area contributed by atoms with Gasteiger partial charge in [-0.15, -0.1) is 0 Å². The molecule has 0 radical (unpaired) electrons. The molecule has 9 heteroatoms. The first-order valence-electron chi connectivity index (χ1n) is 11.8. The number of aryl methyl sites for hydroxylation is 1. The molecule has 1 saturated carbocycles. The van der Waals surface area contributed by atoms with Gasteiger partial charge < -0.3 is 15.2 Å². The van der Waals surface area contributed by atoms with Gasteiger partial charge in [-0.3, -0.25) is 14.5 Å². The van der Waals surface area contributed by atoms with Crippen molar-refractivity contribution in [2.45, 2.75) is 58.0 Å². The number of benzene rings is 1. The largest absolute Gasteiger partial charge is 0.481 e. The van der Waals surface area contributed by atoms with Crippen LogP contribution in [0.3, 0.4) is 0 Å². The van der Waals surface area contributed by atoms with Gasteiger partial charge in [0.05, 0.1) is 11.8 Å². The van der Waals surface area contributed by atoms with E-state index in [-0.39, 0.29) is 35.2 Å². The number of anilines is 1. The molecular weight excluding hydrogens is 456 g/mol. The summed E-state index contributed by atoms with van der Waals surface area (Å²) < 4.78 is 30.5. The number of amides is 1. The third kappa shape index (κ3) is 5.29. The minimum absolute atomic E-state index is 0.0882. The zero-order valence-electron chi connectivity index (χ0n) is 20.2. The van der Waals surface area contributed by atoms with Gasteiger partial charge in [0, 0.05) is 25.3 Å². The number of nitrogens with one attached hydrogen (secondary N) is 1. The number of ether oxygens (including phenoxy) is 1. The molecule has 188 valence electrons. The van der Waals surface area contributed by atoms with Crippen LogP contribution in [-0.4, -0.2) is 53.1 Å². The molecule has 4 rings (SSSR count). The average Bonchev–Trinajstić information content (AvgIpc) is 3.50. The van der Waals surface area contributed by atoms with E-state index in [9.17, 15) is 23.5 Å². The van der Waals surface area contributed by atoms with Crippen LogP contribution in [0.4, 0.5) is 14.5 Å². The maximum Gasteiger partial charge on any atom is 0.388 e. The van der Waals surface area contributed by atoms with Crippen molar-refractivity contribution in [1.82, 2.24) is 9.88 Å². The minimum atomic E-state index is -3.07. The maximum absolute atomic E-state index is 13.8. The first-order valence-corrected chi connectivity index (χ1v) is 11.8. The van der Waals surface area contributed by atoms with E-state index in [4.69, 9.17) is 0 Å². The van der Waals surface area contributed by atoms with Crippen molar-refractivity contribution in [1.29, 1.82) is 0 Å². The van der Waals surface area contributed by atoms with Crippen molar-refractivity contribution >= 4 is 17.6 Å². The molecule has 7 nitrogen and oxygen atoms in total. The number of carboxylic acids is 1. The summed E-state index contributed by atoms with van der Waals surface area (Å²) in [5, 5.41) is 12.1. The first kappa shape index (κ1) is 25.0. The summed E-state index contributed by atoms with van der Waals surface area (Å²) in [5.74, 6) is -1.29. The summed E-state index contributed by atoms with van der Waals surface area (Å²) >= 11 is 0. The molecule has 1 amide bonds. The van der Waals surface area contributed by atoms with Gasteiger partial charge in [0.1, 0.15) is 5.69 Å². The fourth-order valence-corrected chi connectivity index (χ4v) is 5.11. The topological polar surface area (TPSA) is 91.8 Å². The average molecular weight is 488 g/mol. The molecule has 2 aromatic rings. The molecule has 2 N–H and O–H groups in total. The third-order valence-electron chi connectivity index (χ3n) is 7.01. The Morgan fingerprint density at radius 2 is 1.86 bits per heavy atom. The molecule has 0 unspecified atom stereocenters. The van der Waals surface area contributed by atoms with E-state index in [1.807, 2.05) is 24.3 Å². The first-order chi connectivity index (χ1) is 16.5. The number of carbonyl (C=O) groups excluding carboxylic acids is 1. The molecule has 2 heterocycles. The van der Waals surface area contributed by atoms with Gasteiger partial charge in [0.2, 0.25) is 11.8 Å². The smallest absolute Gasteiger partial charge is 0.388 e. The molecule has 1 aromatic carbocycles. The summed E-state index contributed by atoms with van der Waals surface area (Å²) in [5.41, 5.74) is 1.37. The Morgan fingerprint density at radius 3 is 2.46 bits per heavy atom. The van der Waals surface area contributed by atoms with Crippen LogP contribution in [0.2, 0.25) is 0 Å². The van der Waals surface area contributed by atoms with Crippen LogP contribution in [0.25, 0.3) is 0 Å². The van der Waals surface area contributed by atoms with Gasteiger partial charge in [-0.05, 0) is 54.4 Å². The van der Waals surface area contributed by atoms with E-state index in [2.05, 4.69) is 33.8 Å². The molecular formula is C26H31F2N3O4. The van der Waals surface area contributed by atoms with Crippen LogP contribution in [0.15, 0.2) is 36.4 Å². The van der Waals surface area contributed by atoms with Gasteiger partial charge in [-0.2, -0.15) is 8.78 Å². The van der Waals surface area contributed by atoms with E-state index < -0.39 is 18.0 Å². The number of carboxylic acid groups (broad SMARTS) is 1. The van der Waals surface area contributed by atoms with Gasteiger partial charge in [0.15, 0.2) is 0 Å². The Labute approximate surface area is 203 Å². The van der Waals surface area contributed by atoms with Crippen LogP contribution in [0.1, 0.15) is 55.8 Å². The lowest BCUT2D eigenvalue weighted by molar-refractivity contribution is -0.139.